The van der Waals surface area contributed by atoms with E-state index in [1.807, 2.05) is 0 Å². The maximum atomic E-state index is 5.49. The summed E-state index contributed by atoms with van der Waals surface area (Å²) in [5, 5.41) is 3.53. The highest BCUT2D eigenvalue weighted by Crippen LogP contribution is 2.19. The van der Waals surface area contributed by atoms with Gasteiger partial charge in [-0.1, -0.05) is 13.3 Å². The summed E-state index contributed by atoms with van der Waals surface area (Å²) in [4.78, 5) is 2.62. The van der Waals surface area contributed by atoms with E-state index in [-0.39, 0.29) is 0 Å². The van der Waals surface area contributed by atoms with E-state index in [0.29, 0.717) is 6.04 Å². The van der Waals surface area contributed by atoms with Gasteiger partial charge in [0.2, 0.25) is 0 Å². The zero-order chi connectivity index (χ0) is 10.5. The van der Waals surface area contributed by atoms with Crippen molar-refractivity contribution in [2.45, 2.75) is 32.2 Å². The van der Waals surface area contributed by atoms with E-state index in [0.717, 1.165) is 25.7 Å². The minimum Gasteiger partial charge on any atom is -0.378 e. The quantitative estimate of drug-likeness (QED) is 0.758. The van der Waals surface area contributed by atoms with Gasteiger partial charge in [-0.25, -0.2) is 0 Å². The largest absolute Gasteiger partial charge is 0.378 e. The molecular formula is C12H24N2O. The second-order valence-electron chi connectivity index (χ2n) is 4.90. The number of hydrogen-bond acceptors (Lipinski definition) is 3. The second-order valence-corrected chi connectivity index (χ2v) is 4.90. The first-order valence-corrected chi connectivity index (χ1v) is 6.42. The molecule has 2 rings (SSSR count). The van der Waals surface area contributed by atoms with Gasteiger partial charge in [0.25, 0.3) is 0 Å². The highest BCUT2D eigenvalue weighted by atomic mass is 16.5. The highest BCUT2D eigenvalue weighted by Gasteiger charge is 2.22. The van der Waals surface area contributed by atoms with E-state index in [1.165, 1.54) is 38.9 Å². The molecule has 0 amide bonds. The molecule has 0 aromatic carbocycles. The lowest BCUT2D eigenvalue weighted by molar-refractivity contribution is 0.0536. The van der Waals surface area contributed by atoms with Crippen molar-refractivity contribution >= 4 is 0 Å². The van der Waals surface area contributed by atoms with Crippen molar-refractivity contribution in [2.75, 3.05) is 39.4 Å². The van der Waals surface area contributed by atoms with Gasteiger partial charge in [-0.15, -0.1) is 0 Å². The second kappa shape index (κ2) is 5.83. The molecule has 3 heteroatoms. The molecule has 88 valence electrons. The van der Waals surface area contributed by atoms with E-state index in [9.17, 15) is 0 Å². The smallest absolute Gasteiger partial charge is 0.0632 e. The molecule has 2 atom stereocenters. The van der Waals surface area contributed by atoms with E-state index >= 15 is 0 Å². The third-order valence-corrected chi connectivity index (χ3v) is 3.66. The molecule has 0 bridgehead atoms. The Kier molecular flexibility index (Phi) is 4.42. The van der Waals surface area contributed by atoms with Crippen LogP contribution < -0.4 is 5.32 Å². The Balaban J connectivity index is 1.72. The summed E-state index contributed by atoms with van der Waals surface area (Å²) < 4.78 is 5.49. The Bertz CT molecular complexity index is 180. The van der Waals surface area contributed by atoms with Crippen LogP contribution in [0.2, 0.25) is 0 Å². The van der Waals surface area contributed by atoms with Crippen molar-refractivity contribution < 1.29 is 4.74 Å². The van der Waals surface area contributed by atoms with Crippen molar-refractivity contribution in [1.29, 1.82) is 0 Å². The first-order chi connectivity index (χ1) is 7.38. The van der Waals surface area contributed by atoms with Crippen LogP contribution in [0.1, 0.15) is 26.2 Å². The van der Waals surface area contributed by atoms with Crippen molar-refractivity contribution in [2.24, 2.45) is 5.92 Å². The van der Waals surface area contributed by atoms with Crippen molar-refractivity contribution in [1.82, 2.24) is 10.2 Å². The van der Waals surface area contributed by atoms with Gasteiger partial charge in [0.1, 0.15) is 0 Å². The molecule has 0 aromatic heterocycles. The van der Waals surface area contributed by atoms with Crippen molar-refractivity contribution in [3.05, 3.63) is 0 Å². The minimum atomic E-state index is 0.564. The van der Waals surface area contributed by atoms with Crippen LogP contribution in [0.5, 0.6) is 0 Å². The Morgan fingerprint density at radius 2 is 2.40 bits per heavy atom. The molecule has 2 heterocycles. The van der Waals surface area contributed by atoms with Crippen molar-refractivity contribution in [3.8, 4) is 0 Å². The molecule has 0 spiro atoms. The van der Waals surface area contributed by atoms with Crippen LogP contribution in [-0.2, 0) is 4.74 Å². The number of nitrogens with zero attached hydrogens (tertiary/aromatic N) is 1. The van der Waals surface area contributed by atoms with Crippen LogP contribution in [0.15, 0.2) is 0 Å². The van der Waals surface area contributed by atoms with Gasteiger partial charge in [-0.2, -0.15) is 0 Å². The Morgan fingerprint density at radius 1 is 1.47 bits per heavy atom. The predicted molar refractivity (Wildman–Crippen MR) is 62.1 cm³/mol. The molecule has 3 nitrogen and oxygen atoms in total. The molecular weight excluding hydrogens is 188 g/mol. The average molecular weight is 212 g/mol. The third-order valence-electron chi connectivity index (χ3n) is 3.66. The molecule has 2 aliphatic heterocycles. The molecule has 15 heavy (non-hydrogen) atoms. The molecule has 0 aliphatic carbocycles. The lowest BCUT2D eigenvalue weighted by atomic mass is 9.95. The molecule has 2 unspecified atom stereocenters. The van der Waals surface area contributed by atoms with Crippen LogP contribution in [0, 0.1) is 5.92 Å². The third kappa shape index (κ3) is 3.44. The summed E-state index contributed by atoms with van der Waals surface area (Å²) in [5.41, 5.74) is 0. The molecule has 0 aromatic rings. The monoisotopic (exact) mass is 212 g/mol. The van der Waals surface area contributed by atoms with Crippen LogP contribution in [0.3, 0.4) is 0 Å². The Morgan fingerprint density at radius 3 is 3.13 bits per heavy atom. The van der Waals surface area contributed by atoms with Gasteiger partial charge in [-0.05, 0) is 25.3 Å². The summed E-state index contributed by atoms with van der Waals surface area (Å²) >= 11 is 0. The number of hydrogen-bond donors (Lipinski definition) is 1. The summed E-state index contributed by atoms with van der Waals surface area (Å²) in [7, 11) is 0. The van der Waals surface area contributed by atoms with Gasteiger partial charge in [0.05, 0.1) is 13.2 Å². The molecule has 2 fully saturated rings. The zero-order valence-corrected chi connectivity index (χ0v) is 9.87. The number of likely N-dealkylation sites (tertiary alicyclic amines) is 1. The summed E-state index contributed by atoms with van der Waals surface area (Å²) in [6.45, 7) is 8.88. The molecule has 1 N–H and O–H groups in total. The summed E-state index contributed by atoms with van der Waals surface area (Å²) in [6.07, 6.45) is 4.15. The number of piperidine rings is 1. The fourth-order valence-corrected chi connectivity index (χ4v) is 2.70. The first kappa shape index (κ1) is 11.4. The molecule has 2 saturated heterocycles. The number of morpholine rings is 1. The van der Waals surface area contributed by atoms with E-state index in [2.05, 4.69) is 17.1 Å². The van der Waals surface area contributed by atoms with Crippen LogP contribution in [0.4, 0.5) is 0 Å². The normalized spacial score (nSPS) is 34.2. The Hall–Kier alpha value is -0.120. The first-order valence-electron chi connectivity index (χ1n) is 6.42. The van der Waals surface area contributed by atoms with E-state index in [1.54, 1.807) is 0 Å². The van der Waals surface area contributed by atoms with Gasteiger partial charge in [0, 0.05) is 25.7 Å². The molecule has 2 aliphatic rings. The SMILES string of the molecule is CCC1CCCN(CC2COCCN2)C1. The lowest BCUT2D eigenvalue weighted by Crippen LogP contribution is -2.50. The predicted octanol–water partition coefficient (Wildman–Crippen LogP) is 1.10. The fourth-order valence-electron chi connectivity index (χ4n) is 2.70. The average Bonchev–Trinajstić information content (AvgIpc) is 2.31. The minimum absolute atomic E-state index is 0.564. The van der Waals surface area contributed by atoms with Crippen LogP contribution >= 0.6 is 0 Å². The van der Waals surface area contributed by atoms with Crippen molar-refractivity contribution in [3.63, 3.8) is 0 Å². The van der Waals surface area contributed by atoms with Gasteiger partial charge >= 0.3 is 0 Å². The topological polar surface area (TPSA) is 24.5 Å². The fraction of sp³-hybridized carbons (Fsp3) is 1.00. The van der Waals surface area contributed by atoms with E-state index < -0.39 is 0 Å². The molecule has 0 radical (unpaired) electrons. The van der Waals surface area contributed by atoms with Crippen LogP contribution in [-0.4, -0.2) is 50.3 Å². The standard InChI is InChI=1S/C12H24N2O/c1-2-11-4-3-6-14(8-11)9-12-10-15-7-5-13-12/h11-13H,2-10H2,1H3. The van der Waals surface area contributed by atoms with Crippen LogP contribution in [0.25, 0.3) is 0 Å². The summed E-state index contributed by atoms with van der Waals surface area (Å²) in [6, 6.07) is 0.564. The van der Waals surface area contributed by atoms with Gasteiger partial charge in [-0.3, -0.25) is 0 Å². The Labute approximate surface area is 93.2 Å². The van der Waals surface area contributed by atoms with Gasteiger partial charge in [0.15, 0.2) is 0 Å². The van der Waals surface area contributed by atoms with Gasteiger partial charge < -0.3 is 15.0 Å². The highest BCUT2D eigenvalue weighted by molar-refractivity contribution is 4.79. The summed E-state index contributed by atoms with van der Waals surface area (Å²) in [5.74, 6) is 0.934. The maximum absolute atomic E-state index is 5.49. The van der Waals surface area contributed by atoms with E-state index in [4.69, 9.17) is 4.74 Å². The molecule has 0 saturated carbocycles. The number of ether oxygens (including phenoxy) is 1. The maximum Gasteiger partial charge on any atom is 0.0632 e. The lowest BCUT2D eigenvalue weighted by Gasteiger charge is -2.36. The number of nitrogens with one attached hydrogen (secondary N) is 1. The number of rotatable bonds is 3. The zero-order valence-electron chi connectivity index (χ0n) is 9.87.